The molecule has 0 aliphatic rings. The van der Waals surface area contributed by atoms with E-state index in [0.717, 1.165) is 6.26 Å². The molecular formula is C10H16NO5S2+. The lowest BCUT2D eigenvalue weighted by atomic mass is 10.3. The molecule has 0 saturated heterocycles. The molecule has 1 rings (SSSR count). The summed E-state index contributed by atoms with van der Waals surface area (Å²) >= 11 is 0. The summed E-state index contributed by atoms with van der Waals surface area (Å²) < 4.78 is 53.7. The van der Waals surface area contributed by atoms with Crippen LogP contribution in [0.2, 0.25) is 0 Å². The van der Waals surface area contributed by atoms with Gasteiger partial charge in [0.15, 0.2) is 22.2 Å². The SMILES string of the molecule is CS(=O)(=O)c1cc[n+](CCCCS(=O)(=O)O)cc1. The van der Waals surface area contributed by atoms with E-state index in [1.165, 1.54) is 12.1 Å². The van der Waals surface area contributed by atoms with Crippen molar-refractivity contribution in [3.8, 4) is 0 Å². The van der Waals surface area contributed by atoms with E-state index in [0.29, 0.717) is 19.4 Å². The van der Waals surface area contributed by atoms with Gasteiger partial charge in [0.25, 0.3) is 10.1 Å². The van der Waals surface area contributed by atoms with Gasteiger partial charge in [0.05, 0.1) is 10.6 Å². The second kappa shape index (κ2) is 5.77. The van der Waals surface area contributed by atoms with Crippen LogP contribution in [-0.2, 0) is 26.5 Å². The van der Waals surface area contributed by atoms with Gasteiger partial charge < -0.3 is 0 Å². The highest BCUT2D eigenvalue weighted by molar-refractivity contribution is 7.90. The van der Waals surface area contributed by atoms with Crippen LogP contribution in [-0.4, -0.2) is 33.4 Å². The second-order valence-electron chi connectivity index (χ2n) is 4.04. The normalized spacial score (nSPS) is 12.6. The minimum absolute atomic E-state index is 0.247. The van der Waals surface area contributed by atoms with Crippen molar-refractivity contribution in [3.05, 3.63) is 24.5 Å². The topological polar surface area (TPSA) is 92.4 Å². The molecule has 0 fully saturated rings. The third-order valence-electron chi connectivity index (χ3n) is 2.36. The molecule has 0 atom stereocenters. The van der Waals surface area contributed by atoms with Crippen LogP contribution in [0.15, 0.2) is 29.4 Å². The van der Waals surface area contributed by atoms with Crippen LogP contribution in [0, 0.1) is 0 Å². The molecule has 0 aliphatic carbocycles. The third-order valence-corrected chi connectivity index (χ3v) is 4.29. The van der Waals surface area contributed by atoms with Crippen molar-refractivity contribution in [1.82, 2.24) is 0 Å². The highest BCUT2D eigenvalue weighted by Crippen LogP contribution is 2.04. The number of hydrogen-bond acceptors (Lipinski definition) is 4. The number of sulfone groups is 1. The Balaban J connectivity index is 2.50. The summed E-state index contributed by atoms with van der Waals surface area (Å²) in [5, 5.41) is 0. The van der Waals surface area contributed by atoms with Crippen molar-refractivity contribution in [2.75, 3.05) is 12.0 Å². The number of aromatic nitrogens is 1. The maximum Gasteiger partial charge on any atom is 0.264 e. The molecular weight excluding hydrogens is 278 g/mol. The standard InChI is InChI=1S/C10H15NO5S2/c1-17(12,13)10-4-7-11(8-5-10)6-2-3-9-18(14,15)16/h4-5,7-8H,2-3,6,9H2,1H3/p+1. The molecule has 0 aromatic carbocycles. The summed E-state index contributed by atoms with van der Waals surface area (Å²) in [5.41, 5.74) is 0. The molecule has 18 heavy (non-hydrogen) atoms. The van der Waals surface area contributed by atoms with E-state index in [-0.39, 0.29) is 10.6 Å². The van der Waals surface area contributed by atoms with Gasteiger partial charge in [-0.25, -0.2) is 13.0 Å². The zero-order chi connectivity index (χ0) is 13.8. The van der Waals surface area contributed by atoms with Crippen molar-refractivity contribution >= 4 is 20.0 Å². The smallest absolute Gasteiger partial charge is 0.264 e. The summed E-state index contributed by atoms with van der Waals surface area (Å²) in [6, 6.07) is 3.00. The van der Waals surface area contributed by atoms with Gasteiger partial charge in [0.2, 0.25) is 0 Å². The van der Waals surface area contributed by atoms with Gasteiger partial charge in [-0.15, -0.1) is 0 Å². The molecule has 1 heterocycles. The van der Waals surface area contributed by atoms with Crippen molar-refractivity contribution in [3.63, 3.8) is 0 Å². The van der Waals surface area contributed by atoms with Gasteiger partial charge in [0, 0.05) is 24.8 Å². The predicted molar refractivity (Wildman–Crippen MR) is 65.4 cm³/mol. The summed E-state index contributed by atoms with van der Waals surface area (Å²) in [5.74, 6) is -0.255. The minimum atomic E-state index is -3.89. The number of hydrogen-bond donors (Lipinski definition) is 1. The van der Waals surface area contributed by atoms with E-state index >= 15 is 0 Å². The molecule has 0 aliphatic heterocycles. The van der Waals surface area contributed by atoms with Crippen LogP contribution in [0.5, 0.6) is 0 Å². The Morgan fingerprint density at radius 2 is 1.67 bits per heavy atom. The zero-order valence-electron chi connectivity index (χ0n) is 9.98. The summed E-state index contributed by atoms with van der Waals surface area (Å²) in [6.45, 7) is 0.569. The van der Waals surface area contributed by atoms with Crippen molar-refractivity contribution in [2.45, 2.75) is 24.3 Å². The highest BCUT2D eigenvalue weighted by atomic mass is 32.2. The van der Waals surface area contributed by atoms with E-state index in [9.17, 15) is 16.8 Å². The Morgan fingerprint density at radius 3 is 2.11 bits per heavy atom. The number of pyridine rings is 1. The summed E-state index contributed by atoms with van der Waals surface area (Å²) in [6.07, 6.45) is 5.34. The molecule has 0 bridgehead atoms. The first-order chi connectivity index (χ1) is 8.18. The molecule has 0 unspecified atom stereocenters. The van der Waals surface area contributed by atoms with Crippen LogP contribution in [0.3, 0.4) is 0 Å². The second-order valence-corrected chi connectivity index (χ2v) is 7.62. The average molecular weight is 294 g/mol. The molecule has 8 heteroatoms. The van der Waals surface area contributed by atoms with Gasteiger partial charge in [-0.1, -0.05) is 0 Å². The highest BCUT2D eigenvalue weighted by Gasteiger charge is 2.10. The van der Waals surface area contributed by atoms with Crippen LogP contribution < -0.4 is 4.57 Å². The lowest BCUT2D eigenvalue weighted by Crippen LogP contribution is -2.33. The first-order valence-electron chi connectivity index (χ1n) is 5.33. The van der Waals surface area contributed by atoms with Gasteiger partial charge in [-0.3, -0.25) is 4.55 Å². The lowest BCUT2D eigenvalue weighted by Gasteiger charge is -1.99. The fourth-order valence-electron chi connectivity index (χ4n) is 1.42. The number of nitrogens with zero attached hydrogens (tertiary/aromatic N) is 1. The number of unbranched alkanes of at least 4 members (excludes halogenated alkanes) is 1. The Labute approximate surface area is 107 Å². The van der Waals surface area contributed by atoms with Crippen molar-refractivity contribution in [1.29, 1.82) is 0 Å². The van der Waals surface area contributed by atoms with E-state index in [4.69, 9.17) is 4.55 Å². The largest absolute Gasteiger partial charge is 0.286 e. The van der Waals surface area contributed by atoms with Crippen LogP contribution >= 0.6 is 0 Å². The van der Waals surface area contributed by atoms with E-state index < -0.39 is 20.0 Å². The van der Waals surface area contributed by atoms with Gasteiger partial charge in [0.1, 0.15) is 6.54 Å². The zero-order valence-corrected chi connectivity index (χ0v) is 11.6. The van der Waals surface area contributed by atoms with Gasteiger partial charge in [-0.2, -0.15) is 8.42 Å². The van der Waals surface area contributed by atoms with Crippen LogP contribution in [0.25, 0.3) is 0 Å². The minimum Gasteiger partial charge on any atom is -0.286 e. The first kappa shape index (κ1) is 15.1. The quantitative estimate of drug-likeness (QED) is 0.454. The van der Waals surface area contributed by atoms with Crippen LogP contribution in [0.1, 0.15) is 12.8 Å². The van der Waals surface area contributed by atoms with Gasteiger partial charge >= 0.3 is 0 Å². The van der Waals surface area contributed by atoms with E-state index in [1.807, 2.05) is 0 Å². The molecule has 0 radical (unpaired) electrons. The molecule has 6 nitrogen and oxygen atoms in total. The average Bonchev–Trinajstić information content (AvgIpc) is 2.22. The maximum atomic E-state index is 11.2. The fourth-order valence-corrected chi connectivity index (χ4v) is 2.60. The maximum absolute atomic E-state index is 11.2. The summed E-state index contributed by atoms with van der Waals surface area (Å²) in [7, 11) is -7.08. The Morgan fingerprint density at radius 1 is 1.11 bits per heavy atom. The fraction of sp³-hybridized carbons (Fsp3) is 0.500. The Hall–Kier alpha value is -0.990. The lowest BCUT2D eigenvalue weighted by molar-refractivity contribution is -0.697. The molecule has 0 spiro atoms. The van der Waals surface area contributed by atoms with E-state index in [1.54, 1.807) is 17.0 Å². The third kappa shape index (κ3) is 5.56. The number of aryl methyl sites for hydroxylation is 1. The summed E-state index contributed by atoms with van der Waals surface area (Å²) in [4.78, 5) is 0.247. The molecule has 102 valence electrons. The van der Waals surface area contributed by atoms with Gasteiger partial charge in [-0.05, 0) is 6.42 Å². The van der Waals surface area contributed by atoms with Crippen molar-refractivity contribution in [2.24, 2.45) is 0 Å². The molecule has 1 N–H and O–H groups in total. The van der Waals surface area contributed by atoms with Crippen LogP contribution in [0.4, 0.5) is 0 Å². The van der Waals surface area contributed by atoms with E-state index in [2.05, 4.69) is 0 Å². The molecule has 0 amide bonds. The first-order valence-corrected chi connectivity index (χ1v) is 8.83. The Bertz CT molecular complexity index is 590. The monoisotopic (exact) mass is 294 g/mol. The molecule has 0 saturated carbocycles. The van der Waals surface area contributed by atoms with Crippen molar-refractivity contribution < 1.29 is 26.0 Å². The Kier molecular flexibility index (Phi) is 4.83. The molecule has 1 aromatic heterocycles. The predicted octanol–water partition coefficient (Wildman–Crippen LogP) is 0.0456. The number of rotatable bonds is 6. The molecule has 1 aromatic rings.